The van der Waals surface area contributed by atoms with E-state index < -0.39 is 0 Å². The van der Waals surface area contributed by atoms with Gasteiger partial charge in [0, 0.05) is 11.5 Å². The van der Waals surface area contributed by atoms with Crippen molar-refractivity contribution in [2.24, 2.45) is 11.3 Å². The Labute approximate surface area is 108 Å². The maximum Gasteiger partial charge on any atom is 0.223 e. The summed E-state index contributed by atoms with van der Waals surface area (Å²) in [6.45, 7) is 14.9. The Morgan fingerprint density at radius 3 is 2.00 bits per heavy atom. The lowest BCUT2D eigenvalue weighted by atomic mass is 9.81. The summed E-state index contributed by atoms with van der Waals surface area (Å²) in [7, 11) is 0. The van der Waals surface area contributed by atoms with Gasteiger partial charge in [0.1, 0.15) is 0 Å². The first-order valence-corrected chi connectivity index (χ1v) is 6.87. The molecule has 0 fully saturated rings. The van der Waals surface area contributed by atoms with Crippen molar-refractivity contribution in [1.82, 2.24) is 5.32 Å². The molecule has 0 bridgehead atoms. The zero-order valence-electron chi connectivity index (χ0n) is 12.8. The Balaban J connectivity index is 4.51. The number of amides is 1. The van der Waals surface area contributed by atoms with E-state index in [9.17, 15) is 4.79 Å². The van der Waals surface area contributed by atoms with E-state index in [4.69, 9.17) is 0 Å². The molecule has 0 radical (unpaired) electrons. The summed E-state index contributed by atoms with van der Waals surface area (Å²) in [6, 6.07) is 0. The lowest BCUT2D eigenvalue weighted by Gasteiger charge is -2.29. The van der Waals surface area contributed by atoms with E-state index in [1.807, 2.05) is 20.8 Å². The summed E-state index contributed by atoms with van der Waals surface area (Å²) >= 11 is 0. The van der Waals surface area contributed by atoms with E-state index in [2.05, 4.69) is 33.0 Å². The second-order valence-corrected chi connectivity index (χ2v) is 7.34. The molecule has 0 aliphatic rings. The molecule has 0 saturated carbocycles. The average molecular weight is 241 g/mol. The third-order valence-electron chi connectivity index (χ3n) is 2.63. The van der Waals surface area contributed by atoms with Crippen LogP contribution in [0.5, 0.6) is 0 Å². The van der Waals surface area contributed by atoms with E-state index in [0.717, 1.165) is 25.7 Å². The Bertz CT molecular complexity index is 232. The number of nitrogens with one attached hydrogen (secondary N) is 1. The summed E-state index contributed by atoms with van der Waals surface area (Å²) in [5, 5.41) is 3.11. The molecular formula is C15H31NO. The fourth-order valence-electron chi connectivity index (χ4n) is 1.99. The first-order valence-electron chi connectivity index (χ1n) is 6.87. The number of hydrogen-bond donors (Lipinski definition) is 1. The average Bonchev–Trinajstić information content (AvgIpc) is 2.07. The van der Waals surface area contributed by atoms with E-state index in [1.54, 1.807) is 0 Å². The first kappa shape index (κ1) is 16.5. The molecule has 0 aromatic rings. The zero-order chi connectivity index (χ0) is 13.7. The van der Waals surface area contributed by atoms with Crippen LogP contribution >= 0.6 is 0 Å². The fraction of sp³-hybridized carbons (Fsp3) is 0.933. The van der Waals surface area contributed by atoms with Crippen molar-refractivity contribution in [2.75, 3.05) is 0 Å². The Morgan fingerprint density at radius 2 is 1.65 bits per heavy atom. The van der Waals surface area contributed by atoms with Gasteiger partial charge in [0.15, 0.2) is 0 Å². The number of hydrogen-bond acceptors (Lipinski definition) is 1. The molecule has 0 aliphatic carbocycles. The van der Waals surface area contributed by atoms with E-state index in [-0.39, 0.29) is 22.8 Å². The highest BCUT2D eigenvalue weighted by Gasteiger charge is 2.26. The molecule has 1 N–H and O–H groups in total. The van der Waals surface area contributed by atoms with E-state index >= 15 is 0 Å². The van der Waals surface area contributed by atoms with Crippen LogP contribution in [0.25, 0.3) is 0 Å². The number of carbonyl (C=O) groups is 1. The highest BCUT2D eigenvalue weighted by atomic mass is 16.2. The molecule has 0 aromatic carbocycles. The molecule has 0 aliphatic heterocycles. The van der Waals surface area contributed by atoms with Gasteiger partial charge in [-0.2, -0.15) is 0 Å². The fourth-order valence-corrected chi connectivity index (χ4v) is 1.99. The topological polar surface area (TPSA) is 29.1 Å². The minimum absolute atomic E-state index is 0.126. The van der Waals surface area contributed by atoms with Gasteiger partial charge in [-0.3, -0.25) is 4.79 Å². The second-order valence-electron chi connectivity index (χ2n) is 7.34. The van der Waals surface area contributed by atoms with Gasteiger partial charge in [0.25, 0.3) is 0 Å². The maximum atomic E-state index is 12.2. The van der Waals surface area contributed by atoms with Crippen molar-refractivity contribution in [3.8, 4) is 0 Å². The number of carbonyl (C=O) groups excluding carboxylic acids is 1. The van der Waals surface area contributed by atoms with Crippen LogP contribution in [-0.2, 0) is 4.79 Å². The molecule has 1 atom stereocenters. The van der Waals surface area contributed by atoms with Crippen molar-refractivity contribution in [3.63, 3.8) is 0 Å². The van der Waals surface area contributed by atoms with Crippen molar-refractivity contribution >= 4 is 5.91 Å². The van der Waals surface area contributed by atoms with Gasteiger partial charge in [0.2, 0.25) is 5.91 Å². The lowest BCUT2D eigenvalue weighted by molar-refractivity contribution is -0.127. The second kappa shape index (κ2) is 6.42. The highest BCUT2D eigenvalue weighted by Crippen LogP contribution is 2.28. The van der Waals surface area contributed by atoms with Crippen LogP contribution in [0.3, 0.4) is 0 Å². The summed E-state index contributed by atoms with van der Waals surface area (Å²) in [6.07, 6.45) is 4.27. The Morgan fingerprint density at radius 1 is 1.12 bits per heavy atom. The minimum Gasteiger partial charge on any atom is -0.351 e. The Kier molecular flexibility index (Phi) is 6.22. The van der Waals surface area contributed by atoms with Crippen molar-refractivity contribution in [2.45, 2.75) is 79.7 Å². The molecule has 0 aromatic heterocycles. The molecular weight excluding hydrogens is 210 g/mol. The number of unbranched alkanes of at least 4 members (excludes halogenated alkanes) is 1. The molecule has 102 valence electrons. The quantitative estimate of drug-likeness (QED) is 0.770. The normalized spacial score (nSPS) is 14.5. The van der Waals surface area contributed by atoms with Crippen LogP contribution in [0.1, 0.15) is 74.1 Å². The molecule has 17 heavy (non-hydrogen) atoms. The first-order chi connectivity index (χ1) is 7.55. The standard InChI is InChI=1S/C15H31NO/c1-8-9-10-12(11-14(2,3)4)13(17)16-15(5,6)7/h12H,8-11H2,1-7H3,(H,16,17). The molecule has 2 heteroatoms. The molecule has 0 rings (SSSR count). The predicted molar refractivity (Wildman–Crippen MR) is 75.0 cm³/mol. The molecule has 0 saturated heterocycles. The summed E-state index contributed by atoms with van der Waals surface area (Å²) in [5.74, 6) is 0.384. The van der Waals surface area contributed by atoms with Gasteiger partial charge in [-0.25, -0.2) is 0 Å². The van der Waals surface area contributed by atoms with Crippen LogP contribution < -0.4 is 5.32 Å². The van der Waals surface area contributed by atoms with Gasteiger partial charge < -0.3 is 5.32 Å². The van der Waals surface area contributed by atoms with Crippen LogP contribution in [-0.4, -0.2) is 11.4 Å². The van der Waals surface area contributed by atoms with E-state index in [0.29, 0.717) is 0 Å². The van der Waals surface area contributed by atoms with Crippen molar-refractivity contribution in [3.05, 3.63) is 0 Å². The monoisotopic (exact) mass is 241 g/mol. The smallest absolute Gasteiger partial charge is 0.223 e. The van der Waals surface area contributed by atoms with Crippen LogP contribution in [0, 0.1) is 11.3 Å². The predicted octanol–water partition coefficient (Wildman–Crippen LogP) is 4.14. The zero-order valence-corrected chi connectivity index (χ0v) is 12.8. The summed E-state index contributed by atoms with van der Waals surface area (Å²) < 4.78 is 0. The maximum absolute atomic E-state index is 12.2. The van der Waals surface area contributed by atoms with E-state index in [1.165, 1.54) is 0 Å². The molecule has 1 amide bonds. The van der Waals surface area contributed by atoms with Crippen LogP contribution in [0.4, 0.5) is 0 Å². The molecule has 1 unspecified atom stereocenters. The van der Waals surface area contributed by atoms with Gasteiger partial charge in [0.05, 0.1) is 0 Å². The van der Waals surface area contributed by atoms with Gasteiger partial charge in [-0.05, 0) is 39.0 Å². The largest absolute Gasteiger partial charge is 0.351 e. The third kappa shape index (κ3) is 9.20. The summed E-state index contributed by atoms with van der Waals surface area (Å²) in [5.41, 5.74) is 0.0903. The van der Waals surface area contributed by atoms with Crippen LogP contribution in [0.15, 0.2) is 0 Å². The minimum atomic E-state index is -0.126. The van der Waals surface area contributed by atoms with Gasteiger partial charge >= 0.3 is 0 Å². The Hall–Kier alpha value is -0.530. The van der Waals surface area contributed by atoms with Gasteiger partial charge in [-0.1, -0.05) is 40.5 Å². The lowest BCUT2D eigenvalue weighted by Crippen LogP contribution is -2.44. The molecule has 2 nitrogen and oxygen atoms in total. The van der Waals surface area contributed by atoms with Crippen LogP contribution in [0.2, 0.25) is 0 Å². The third-order valence-corrected chi connectivity index (χ3v) is 2.63. The summed E-state index contributed by atoms with van der Waals surface area (Å²) in [4.78, 5) is 12.2. The molecule has 0 spiro atoms. The van der Waals surface area contributed by atoms with Crippen molar-refractivity contribution in [1.29, 1.82) is 0 Å². The SMILES string of the molecule is CCCCC(CC(C)(C)C)C(=O)NC(C)(C)C. The highest BCUT2D eigenvalue weighted by molar-refractivity contribution is 5.79. The number of rotatable bonds is 5. The molecule has 0 heterocycles. The van der Waals surface area contributed by atoms with Crippen molar-refractivity contribution < 1.29 is 4.79 Å². The van der Waals surface area contributed by atoms with Gasteiger partial charge in [-0.15, -0.1) is 0 Å².